The summed E-state index contributed by atoms with van der Waals surface area (Å²) in [6.07, 6.45) is 0. The van der Waals surface area contributed by atoms with Gasteiger partial charge >= 0.3 is 0 Å². The van der Waals surface area contributed by atoms with Crippen LogP contribution in [-0.2, 0) is 6.54 Å². The van der Waals surface area contributed by atoms with Crippen LogP contribution in [0.25, 0.3) is 0 Å². The zero-order chi connectivity index (χ0) is 13.8. The third kappa shape index (κ3) is 3.18. The van der Waals surface area contributed by atoms with Crippen molar-refractivity contribution in [2.24, 2.45) is 0 Å². The number of hydrogen-bond donors (Lipinski definition) is 1. The van der Waals surface area contributed by atoms with Gasteiger partial charge in [-0.25, -0.2) is 0 Å². The molecule has 2 rings (SSSR count). The van der Waals surface area contributed by atoms with Gasteiger partial charge in [-0.3, -0.25) is 4.79 Å². The highest BCUT2D eigenvalue weighted by molar-refractivity contribution is 7.80. The van der Waals surface area contributed by atoms with Crippen molar-refractivity contribution in [1.82, 2.24) is 4.90 Å². The number of benzene rings is 2. The molecule has 0 spiro atoms. The van der Waals surface area contributed by atoms with E-state index in [1.54, 1.807) is 11.0 Å². The molecule has 0 aromatic heterocycles. The lowest BCUT2D eigenvalue weighted by Crippen LogP contribution is -2.26. The van der Waals surface area contributed by atoms with Crippen LogP contribution in [0.3, 0.4) is 0 Å². The van der Waals surface area contributed by atoms with Crippen molar-refractivity contribution in [2.45, 2.75) is 18.4 Å². The number of aryl methyl sites for hydroxylation is 1. The van der Waals surface area contributed by atoms with E-state index in [2.05, 4.69) is 25.6 Å². The van der Waals surface area contributed by atoms with E-state index in [9.17, 15) is 4.79 Å². The molecule has 0 unspecified atom stereocenters. The van der Waals surface area contributed by atoms with Gasteiger partial charge in [0.1, 0.15) is 0 Å². The van der Waals surface area contributed by atoms with E-state index in [4.69, 9.17) is 0 Å². The van der Waals surface area contributed by atoms with E-state index in [0.717, 1.165) is 5.56 Å². The van der Waals surface area contributed by atoms with Gasteiger partial charge in [0.15, 0.2) is 0 Å². The number of rotatable bonds is 3. The lowest BCUT2D eigenvalue weighted by Gasteiger charge is -2.19. The maximum Gasteiger partial charge on any atom is 0.255 e. The molecule has 2 aromatic carbocycles. The fraction of sp³-hybridized carbons (Fsp3) is 0.188. The van der Waals surface area contributed by atoms with Crippen LogP contribution in [0.2, 0.25) is 0 Å². The molecule has 0 aliphatic carbocycles. The second kappa shape index (κ2) is 5.93. The van der Waals surface area contributed by atoms with E-state index >= 15 is 0 Å². The van der Waals surface area contributed by atoms with Crippen LogP contribution < -0.4 is 0 Å². The average molecular weight is 271 g/mol. The summed E-state index contributed by atoms with van der Waals surface area (Å²) in [6, 6.07) is 15.5. The zero-order valence-electron chi connectivity index (χ0n) is 11.1. The predicted molar refractivity (Wildman–Crippen MR) is 80.7 cm³/mol. The Kier molecular flexibility index (Phi) is 4.27. The number of amides is 1. The smallest absolute Gasteiger partial charge is 0.255 e. The minimum Gasteiger partial charge on any atom is -0.337 e. The molecule has 0 saturated carbocycles. The molecule has 0 heterocycles. The minimum absolute atomic E-state index is 0.00569. The van der Waals surface area contributed by atoms with Crippen molar-refractivity contribution in [3.05, 3.63) is 65.2 Å². The van der Waals surface area contributed by atoms with Gasteiger partial charge in [-0.05, 0) is 30.2 Å². The Morgan fingerprint density at radius 1 is 1.11 bits per heavy atom. The molecule has 0 atom stereocenters. The van der Waals surface area contributed by atoms with Gasteiger partial charge in [0.05, 0.1) is 5.56 Å². The average Bonchev–Trinajstić information content (AvgIpc) is 2.41. The Hall–Kier alpha value is -1.74. The molecule has 0 N–H and O–H groups in total. The van der Waals surface area contributed by atoms with Crippen LogP contribution in [-0.4, -0.2) is 17.9 Å². The third-order valence-electron chi connectivity index (χ3n) is 3.15. The monoisotopic (exact) mass is 271 g/mol. The van der Waals surface area contributed by atoms with Crippen molar-refractivity contribution in [3.63, 3.8) is 0 Å². The number of carbonyl (C=O) groups is 1. The van der Waals surface area contributed by atoms with Crippen LogP contribution in [0.5, 0.6) is 0 Å². The maximum atomic E-state index is 12.4. The molecule has 0 fully saturated rings. The standard InChI is InChI=1S/C16H17NOS/c1-12-7-3-4-8-13(12)11-17(2)16(18)14-9-5-6-10-15(14)19/h3-10,19H,11H2,1-2H3. The van der Waals surface area contributed by atoms with Crippen molar-refractivity contribution in [1.29, 1.82) is 0 Å². The van der Waals surface area contributed by atoms with Crippen molar-refractivity contribution in [2.75, 3.05) is 7.05 Å². The fourth-order valence-corrected chi connectivity index (χ4v) is 2.23. The van der Waals surface area contributed by atoms with Crippen LogP contribution in [0.1, 0.15) is 21.5 Å². The minimum atomic E-state index is -0.00569. The molecule has 2 aromatic rings. The van der Waals surface area contributed by atoms with Crippen LogP contribution in [0, 0.1) is 6.92 Å². The quantitative estimate of drug-likeness (QED) is 0.846. The lowest BCUT2D eigenvalue weighted by atomic mass is 10.1. The molecule has 0 aliphatic rings. The first-order valence-corrected chi connectivity index (χ1v) is 6.62. The highest BCUT2D eigenvalue weighted by Crippen LogP contribution is 2.17. The predicted octanol–water partition coefficient (Wildman–Crippen LogP) is 3.56. The topological polar surface area (TPSA) is 20.3 Å². The van der Waals surface area contributed by atoms with Gasteiger partial charge in [0.25, 0.3) is 5.91 Å². The summed E-state index contributed by atoms with van der Waals surface area (Å²) in [5.74, 6) is -0.00569. The van der Waals surface area contributed by atoms with Gasteiger partial charge in [-0.1, -0.05) is 36.4 Å². The Bertz CT molecular complexity index is 595. The number of carbonyl (C=O) groups excluding carboxylic acids is 1. The first-order chi connectivity index (χ1) is 9.09. The Labute approximate surface area is 119 Å². The largest absolute Gasteiger partial charge is 0.337 e. The third-order valence-corrected chi connectivity index (χ3v) is 3.54. The Morgan fingerprint density at radius 3 is 2.42 bits per heavy atom. The van der Waals surface area contributed by atoms with E-state index < -0.39 is 0 Å². The highest BCUT2D eigenvalue weighted by Gasteiger charge is 2.14. The number of nitrogens with zero attached hydrogens (tertiary/aromatic N) is 1. The number of hydrogen-bond acceptors (Lipinski definition) is 2. The van der Waals surface area contributed by atoms with Gasteiger partial charge in [-0.2, -0.15) is 0 Å². The van der Waals surface area contributed by atoms with Crippen LogP contribution >= 0.6 is 12.6 Å². The van der Waals surface area contributed by atoms with Crippen LogP contribution in [0.4, 0.5) is 0 Å². The fourth-order valence-electron chi connectivity index (χ4n) is 1.97. The summed E-state index contributed by atoms with van der Waals surface area (Å²) in [5.41, 5.74) is 3.00. The summed E-state index contributed by atoms with van der Waals surface area (Å²) in [4.78, 5) is 14.8. The second-order valence-corrected chi connectivity index (χ2v) is 5.09. The first kappa shape index (κ1) is 13.7. The number of thiol groups is 1. The molecule has 0 saturated heterocycles. The van der Waals surface area contributed by atoms with Gasteiger partial charge < -0.3 is 4.90 Å². The molecule has 0 bridgehead atoms. The SMILES string of the molecule is Cc1ccccc1CN(C)C(=O)c1ccccc1S. The van der Waals surface area contributed by atoms with Gasteiger partial charge in [0.2, 0.25) is 0 Å². The lowest BCUT2D eigenvalue weighted by molar-refractivity contribution is 0.0781. The summed E-state index contributed by atoms with van der Waals surface area (Å²) >= 11 is 4.33. The summed E-state index contributed by atoms with van der Waals surface area (Å²) in [5, 5.41) is 0. The molecule has 19 heavy (non-hydrogen) atoms. The van der Waals surface area contributed by atoms with E-state index in [-0.39, 0.29) is 5.91 Å². The molecule has 0 aliphatic heterocycles. The van der Waals surface area contributed by atoms with Gasteiger partial charge in [-0.15, -0.1) is 12.6 Å². The summed E-state index contributed by atoms with van der Waals surface area (Å²) in [7, 11) is 1.81. The molecular formula is C16H17NOS. The van der Waals surface area contributed by atoms with Crippen molar-refractivity contribution >= 4 is 18.5 Å². The van der Waals surface area contributed by atoms with E-state index in [1.165, 1.54) is 5.56 Å². The van der Waals surface area contributed by atoms with Crippen LogP contribution in [0.15, 0.2) is 53.4 Å². The molecule has 3 heteroatoms. The Morgan fingerprint density at radius 2 is 1.74 bits per heavy atom. The Balaban J connectivity index is 2.17. The van der Waals surface area contributed by atoms with E-state index in [1.807, 2.05) is 43.4 Å². The zero-order valence-corrected chi connectivity index (χ0v) is 12.0. The molecule has 1 amide bonds. The normalized spacial score (nSPS) is 10.3. The molecule has 98 valence electrons. The maximum absolute atomic E-state index is 12.4. The second-order valence-electron chi connectivity index (χ2n) is 4.60. The molecular weight excluding hydrogens is 254 g/mol. The molecule has 0 radical (unpaired) electrons. The van der Waals surface area contributed by atoms with E-state index in [0.29, 0.717) is 17.0 Å². The highest BCUT2D eigenvalue weighted by atomic mass is 32.1. The first-order valence-electron chi connectivity index (χ1n) is 6.17. The summed E-state index contributed by atoms with van der Waals surface area (Å²) < 4.78 is 0. The summed E-state index contributed by atoms with van der Waals surface area (Å²) in [6.45, 7) is 2.66. The van der Waals surface area contributed by atoms with Crippen molar-refractivity contribution < 1.29 is 4.79 Å². The van der Waals surface area contributed by atoms with Crippen molar-refractivity contribution in [3.8, 4) is 0 Å². The van der Waals surface area contributed by atoms with Gasteiger partial charge in [0, 0.05) is 18.5 Å². The molecule has 2 nitrogen and oxygen atoms in total.